The molecule has 0 unspecified atom stereocenters. The van der Waals surface area contributed by atoms with Gasteiger partial charge in [0.1, 0.15) is 11.6 Å². The Morgan fingerprint density at radius 1 is 1.06 bits per heavy atom. The zero-order valence-corrected chi connectivity index (χ0v) is 20.1. The number of hydrogen-bond donors (Lipinski definition) is 1. The van der Waals surface area contributed by atoms with Gasteiger partial charge < -0.3 is 14.6 Å². The highest BCUT2D eigenvalue weighted by atomic mass is 19.1. The first-order valence-corrected chi connectivity index (χ1v) is 11.7. The molecule has 1 aliphatic heterocycles. The lowest BCUT2D eigenvalue weighted by Crippen LogP contribution is -2.39. The fourth-order valence-electron chi connectivity index (χ4n) is 4.33. The summed E-state index contributed by atoms with van der Waals surface area (Å²) >= 11 is 0. The number of nitrogens with one attached hydrogen (secondary N) is 1. The number of amides is 1. The summed E-state index contributed by atoms with van der Waals surface area (Å²) in [6.07, 6.45) is 4.05. The van der Waals surface area contributed by atoms with E-state index in [4.69, 9.17) is 4.74 Å². The molecule has 0 atom stereocenters. The third-order valence-electron chi connectivity index (χ3n) is 6.14. The molecule has 34 heavy (non-hydrogen) atoms. The number of halogens is 1. The van der Waals surface area contributed by atoms with Crippen LogP contribution in [0.15, 0.2) is 42.6 Å². The number of benzene rings is 2. The minimum absolute atomic E-state index is 0.161. The number of fused-ring (bicyclic) bond motifs is 1. The molecule has 3 aromatic rings. The number of aromatic amines is 1. The van der Waals surface area contributed by atoms with Crippen LogP contribution in [0.3, 0.4) is 0 Å². The first kappa shape index (κ1) is 25.1. The molecule has 0 aliphatic carbocycles. The molecular formula is C27H31FN2O4. The number of H-pyrrole nitrogens is 1. The molecule has 0 radical (unpaired) electrons. The summed E-state index contributed by atoms with van der Waals surface area (Å²) < 4.78 is 18.6. The van der Waals surface area contributed by atoms with Gasteiger partial charge >= 0.3 is 0 Å². The molecular weight excluding hydrogens is 435 g/mol. The lowest BCUT2D eigenvalue weighted by molar-refractivity contribution is -0.113. The molecule has 1 saturated heterocycles. The molecule has 1 N–H and O–H groups in total. The van der Waals surface area contributed by atoms with Crippen molar-refractivity contribution >= 4 is 28.4 Å². The number of likely N-dealkylation sites (tertiary alicyclic amines) is 1. The number of carbonyl (C=O) groups is 3. The standard InChI is InChI=1S/C25H25FN2O4.C2H6/c1-15(29)24(30)21-14-27-22-13-23(32-2)20(12-19(21)22)25(31)28-9-7-17(8-10-28)11-16-3-5-18(26)6-4-16;1-2/h3-6,12-14,17,27H,7-11H2,1-2H3;1-2H3. The van der Waals surface area contributed by atoms with Gasteiger partial charge in [0.2, 0.25) is 5.78 Å². The normalized spacial score (nSPS) is 13.9. The van der Waals surface area contributed by atoms with Crippen molar-refractivity contribution in [3.05, 3.63) is 65.1 Å². The van der Waals surface area contributed by atoms with E-state index >= 15 is 0 Å². The van der Waals surface area contributed by atoms with Gasteiger partial charge in [-0.25, -0.2) is 4.39 Å². The summed E-state index contributed by atoms with van der Waals surface area (Å²) in [7, 11) is 1.50. The van der Waals surface area contributed by atoms with Crippen molar-refractivity contribution < 1.29 is 23.5 Å². The Morgan fingerprint density at radius 2 is 1.71 bits per heavy atom. The minimum Gasteiger partial charge on any atom is -0.496 e. The molecule has 0 bridgehead atoms. The number of Topliss-reactive ketones (excluding diaryl/α,β-unsaturated/α-hetero) is 2. The minimum atomic E-state index is -0.596. The maximum Gasteiger partial charge on any atom is 0.257 e. The van der Waals surface area contributed by atoms with Crippen LogP contribution >= 0.6 is 0 Å². The number of aromatic nitrogens is 1. The summed E-state index contributed by atoms with van der Waals surface area (Å²) in [5.74, 6) is -0.709. The van der Waals surface area contributed by atoms with Crippen LogP contribution in [0.25, 0.3) is 10.9 Å². The van der Waals surface area contributed by atoms with Gasteiger partial charge in [-0.1, -0.05) is 26.0 Å². The van der Waals surface area contributed by atoms with E-state index in [-0.39, 0.29) is 17.3 Å². The molecule has 1 aliphatic rings. The van der Waals surface area contributed by atoms with Crippen LogP contribution in [-0.4, -0.2) is 47.6 Å². The molecule has 1 aromatic heterocycles. The van der Waals surface area contributed by atoms with Crippen molar-refractivity contribution in [2.45, 2.75) is 40.0 Å². The maximum absolute atomic E-state index is 13.3. The Morgan fingerprint density at radius 3 is 2.29 bits per heavy atom. The second-order valence-corrected chi connectivity index (χ2v) is 8.25. The number of piperidine rings is 1. The molecule has 1 fully saturated rings. The Labute approximate surface area is 199 Å². The van der Waals surface area contributed by atoms with Crippen molar-refractivity contribution in [2.75, 3.05) is 20.2 Å². The van der Waals surface area contributed by atoms with Gasteiger partial charge in [0.25, 0.3) is 5.91 Å². The SMILES string of the molecule is CC.COc1cc2[nH]cc(C(=O)C(C)=O)c2cc1C(=O)N1CCC(Cc2ccc(F)cc2)CC1. The highest BCUT2D eigenvalue weighted by Crippen LogP contribution is 2.31. The number of ketones is 2. The van der Waals surface area contributed by atoms with E-state index in [1.54, 1.807) is 17.0 Å². The zero-order valence-electron chi connectivity index (χ0n) is 20.1. The summed E-state index contributed by atoms with van der Waals surface area (Å²) in [5, 5.41) is 0.528. The van der Waals surface area contributed by atoms with Gasteiger partial charge in [-0.05, 0) is 48.9 Å². The van der Waals surface area contributed by atoms with Crippen molar-refractivity contribution in [3.8, 4) is 5.75 Å². The van der Waals surface area contributed by atoms with Crippen LogP contribution in [-0.2, 0) is 11.2 Å². The van der Waals surface area contributed by atoms with Gasteiger partial charge in [-0.3, -0.25) is 14.4 Å². The van der Waals surface area contributed by atoms with Crippen LogP contribution in [0, 0.1) is 11.7 Å². The second-order valence-electron chi connectivity index (χ2n) is 8.25. The Balaban J connectivity index is 0.00000158. The maximum atomic E-state index is 13.3. The van der Waals surface area contributed by atoms with E-state index in [1.807, 2.05) is 26.0 Å². The molecule has 2 heterocycles. The molecule has 2 aromatic carbocycles. The first-order chi connectivity index (χ1) is 16.4. The molecule has 0 saturated carbocycles. The van der Waals surface area contributed by atoms with Crippen LogP contribution in [0.5, 0.6) is 5.75 Å². The average Bonchev–Trinajstić information content (AvgIpc) is 3.28. The van der Waals surface area contributed by atoms with Gasteiger partial charge in [0.15, 0.2) is 5.78 Å². The first-order valence-electron chi connectivity index (χ1n) is 11.7. The molecule has 6 nitrogen and oxygen atoms in total. The highest BCUT2D eigenvalue weighted by molar-refractivity contribution is 6.45. The topological polar surface area (TPSA) is 79.5 Å². The molecule has 0 spiro atoms. The predicted octanol–water partition coefficient (Wildman–Crippen LogP) is 5.21. The van der Waals surface area contributed by atoms with Crippen molar-refractivity contribution in [1.82, 2.24) is 9.88 Å². The van der Waals surface area contributed by atoms with E-state index < -0.39 is 11.6 Å². The third kappa shape index (κ3) is 5.35. The molecule has 1 amide bonds. The van der Waals surface area contributed by atoms with Gasteiger partial charge in [-0.15, -0.1) is 0 Å². The van der Waals surface area contributed by atoms with Gasteiger partial charge in [0, 0.05) is 43.2 Å². The Hall–Kier alpha value is -3.48. The van der Waals surface area contributed by atoms with Crippen LogP contribution in [0.4, 0.5) is 4.39 Å². The summed E-state index contributed by atoms with van der Waals surface area (Å²) in [6.45, 7) is 6.45. The van der Waals surface area contributed by atoms with Gasteiger partial charge in [0.05, 0.1) is 18.2 Å². The lowest BCUT2D eigenvalue weighted by Gasteiger charge is -2.32. The van der Waals surface area contributed by atoms with Crippen molar-refractivity contribution in [3.63, 3.8) is 0 Å². The van der Waals surface area contributed by atoms with Crippen LogP contribution < -0.4 is 4.74 Å². The quantitative estimate of drug-likeness (QED) is 0.400. The molecule has 7 heteroatoms. The smallest absolute Gasteiger partial charge is 0.257 e. The second kappa shape index (κ2) is 11.1. The third-order valence-corrected chi connectivity index (χ3v) is 6.14. The predicted molar refractivity (Wildman–Crippen MR) is 130 cm³/mol. The van der Waals surface area contributed by atoms with Crippen LogP contribution in [0.2, 0.25) is 0 Å². The molecule has 4 rings (SSSR count). The number of ether oxygens (including phenoxy) is 1. The van der Waals surface area contributed by atoms with Crippen molar-refractivity contribution in [2.24, 2.45) is 5.92 Å². The number of hydrogen-bond acceptors (Lipinski definition) is 4. The fraction of sp³-hybridized carbons (Fsp3) is 0.370. The number of rotatable bonds is 6. The van der Waals surface area contributed by atoms with Crippen molar-refractivity contribution in [1.29, 1.82) is 0 Å². The lowest BCUT2D eigenvalue weighted by atomic mass is 9.90. The van der Waals surface area contributed by atoms with E-state index in [1.165, 1.54) is 32.4 Å². The fourth-order valence-corrected chi connectivity index (χ4v) is 4.33. The summed E-state index contributed by atoms with van der Waals surface area (Å²) in [5.41, 5.74) is 2.34. The van der Waals surface area contributed by atoms with Crippen LogP contribution in [0.1, 0.15) is 59.9 Å². The van der Waals surface area contributed by atoms with Gasteiger partial charge in [-0.2, -0.15) is 0 Å². The largest absolute Gasteiger partial charge is 0.496 e. The van der Waals surface area contributed by atoms with E-state index in [2.05, 4.69) is 4.98 Å². The summed E-state index contributed by atoms with van der Waals surface area (Å²) in [4.78, 5) is 41.9. The summed E-state index contributed by atoms with van der Waals surface area (Å²) in [6, 6.07) is 9.88. The van der Waals surface area contributed by atoms with E-state index in [0.717, 1.165) is 24.8 Å². The Kier molecular flexibility index (Phi) is 8.21. The highest BCUT2D eigenvalue weighted by Gasteiger charge is 2.27. The van der Waals surface area contributed by atoms with E-state index in [0.29, 0.717) is 41.2 Å². The molecule has 180 valence electrons. The Bertz CT molecular complexity index is 1180. The average molecular weight is 467 g/mol. The number of carbonyl (C=O) groups excluding carboxylic acids is 3. The number of nitrogens with zero attached hydrogens (tertiary/aromatic N) is 1. The zero-order chi connectivity index (χ0) is 24.8. The monoisotopic (exact) mass is 466 g/mol. The van der Waals surface area contributed by atoms with E-state index in [9.17, 15) is 18.8 Å². The number of methoxy groups -OCH3 is 1.